The van der Waals surface area contributed by atoms with Crippen molar-refractivity contribution in [3.8, 4) is 11.3 Å². The fourth-order valence-electron chi connectivity index (χ4n) is 2.55. The molecule has 4 aromatic rings. The summed E-state index contributed by atoms with van der Waals surface area (Å²) in [6.07, 6.45) is 6.28. The average molecular weight is 336 g/mol. The number of aromatic amines is 1. The zero-order chi connectivity index (χ0) is 17.4. The summed E-state index contributed by atoms with van der Waals surface area (Å²) in [7, 11) is 0. The van der Waals surface area contributed by atoms with Gasteiger partial charge in [0.05, 0.1) is 23.1 Å². The van der Waals surface area contributed by atoms with Crippen molar-refractivity contribution in [2.75, 3.05) is 5.32 Å². The highest BCUT2D eigenvalue weighted by Gasteiger charge is 2.15. The number of nitrogens with zero attached hydrogens (tertiary/aromatic N) is 4. The Labute approximate surface area is 141 Å². The van der Waals surface area contributed by atoms with Gasteiger partial charge in [0.25, 0.3) is 5.91 Å². The van der Waals surface area contributed by atoms with E-state index in [1.165, 1.54) is 12.1 Å². The molecule has 7 nitrogen and oxygen atoms in total. The lowest BCUT2D eigenvalue weighted by atomic mass is 10.1. The molecule has 0 saturated carbocycles. The van der Waals surface area contributed by atoms with Crippen molar-refractivity contribution in [3.05, 3.63) is 66.1 Å². The number of anilines is 1. The van der Waals surface area contributed by atoms with Crippen molar-refractivity contribution < 1.29 is 9.18 Å². The van der Waals surface area contributed by atoms with E-state index in [1.54, 1.807) is 22.9 Å². The standard InChI is InChI=1S/C17H13FN6O/c1-10-6-14(23-22-10)11-7-13(16-19-4-5-24(16)9-11)17(25)21-15-3-2-12(18)8-20-15/h2-9H,1H3,(H,22,23)(H,20,21,25). The van der Waals surface area contributed by atoms with Gasteiger partial charge in [-0.1, -0.05) is 0 Å². The van der Waals surface area contributed by atoms with Gasteiger partial charge in [0, 0.05) is 24.2 Å². The van der Waals surface area contributed by atoms with E-state index in [9.17, 15) is 9.18 Å². The average Bonchev–Trinajstić information content (AvgIpc) is 3.24. The monoisotopic (exact) mass is 336 g/mol. The molecule has 1 amide bonds. The summed E-state index contributed by atoms with van der Waals surface area (Å²) in [5, 5.41) is 9.70. The minimum absolute atomic E-state index is 0.263. The van der Waals surface area contributed by atoms with E-state index in [0.717, 1.165) is 23.1 Å². The normalized spacial score (nSPS) is 11.0. The molecule has 8 heteroatoms. The molecule has 2 N–H and O–H groups in total. The SMILES string of the molecule is Cc1cc(-c2cc(C(=O)Nc3ccc(F)cn3)c3nccn3c2)[nH]n1. The predicted molar refractivity (Wildman–Crippen MR) is 89.7 cm³/mol. The van der Waals surface area contributed by atoms with E-state index >= 15 is 0 Å². The van der Waals surface area contributed by atoms with Crippen molar-refractivity contribution in [3.63, 3.8) is 0 Å². The summed E-state index contributed by atoms with van der Waals surface area (Å²) in [5.41, 5.74) is 3.33. The summed E-state index contributed by atoms with van der Waals surface area (Å²) in [4.78, 5) is 20.8. The van der Waals surface area contributed by atoms with Crippen LogP contribution in [-0.2, 0) is 0 Å². The maximum Gasteiger partial charge on any atom is 0.260 e. The number of pyridine rings is 2. The van der Waals surface area contributed by atoms with Crippen molar-refractivity contribution in [1.29, 1.82) is 0 Å². The molecule has 0 aromatic carbocycles. The summed E-state index contributed by atoms with van der Waals surface area (Å²) < 4.78 is 14.7. The van der Waals surface area contributed by atoms with Gasteiger partial charge in [0.2, 0.25) is 0 Å². The number of halogens is 1. The summed E-state index contributed by atoms with van der Waals surface area (Å²) >= 11 is 0. The van der Waals surface area contributed by atoms with E-state index < -0.39 is 5.82 Å². The Morgan fingerprint density at radius 3 is 2.88 bits per heavy atom. The fourth-order valence-corrected chi connectivity index (χ4v) is 2.55. The minimum Gasteiger partial charge on any atom is -0.306 e. The first-order valence-electron chi connectivity index (χ1n) is 7.52. The van der Waals surface area contributed by atoms with Gasteiger partial charge in [-0.05, 0) is 31.2 Å². The van der Waals surface area contributed by atoms with Crippen LogP contribution in [0.15, 0.2) is 49.1 Å². The van der Waals surface area contributed by atoms with Gasteiger partial charge in [-0.15, -0.1) is 0 Å². The first kappa shape index (κ1) is 15.0. The lowest BCUT2D eigenvalue weighted by molar-refractivity contribution is 0.102. The second-order valence-electron chi connectivity index (χ2n) is 5.54. The quantitative estimate of drug-likeness (QED) is 0.602. The second-order valence-corrected chi connectivity index (χ2v) is 5.54. The Kier molecular flexibility index (Phi) is 3.50. The highest BCUT2D eigenvalue weighted by atomic mass is 19.1. The van der Waals surface area contributed by atoms with Crippen LogP contribution in [0.1, 0.15) is 16.1 Å². The molecule has 0 radical (unpaired) electrons. The lowest BCUT2D eigenvalue weighted by Gasteiger charge is -2.08. The molecule has 124 valence electrons. The van der Waals surface area contributed by atoms with Crippen LogP contribution in [0.2, 0.25) is 0 Å². The maximum atomic E-state index is 13.0. The van der Waals surface area contributed by atoms with Crippen molar-refractivity contribution in [1.82, 2.24) is 24.6 Å². The van der Waals surface area contributed by atoms with Crippen LogP contribution >= 0.6 is 0 Å². The number of carbonyl (C=O) groups is 1. The number of aryl methyl sites for hydroxylation is 1. The first-order chi connectivity index (χ1) is 12.1. The molecule has 0 saturated heterocycles. The lowest BCUT2D eigenvalue weighted by Crippen LogP contribution is -2.14. The van der Waals surface area contributed by atoms with Crippen molar-refractivity contribution in [2.24, 2.45) is 0 Å². The predicted octanol–water partition coefficient (Wildman–Crippen LogP) is 2.82. The van der Waals surface area contributed by atoms with Gasteiger partial charge >= 0.3 is 0 Å². The van der Waals surface area contributed by atoms with Crippen LogP contribution in [0.25, 0.3) is 16.9 Å². The topological polar surface area (TPSA) is 88.0 Å². The molecule has 0 aliphatic rings. The fraction of sp³-hybridized carbons (Fsp3) is 0.0588. The summed E-state index contributed by atoms with van der Waals surface area (Å²) in [5.74, 6) is -0.586. The molecule has 4 heterocycles. The number of rotatable bonds is 3. The highest BCUT2D eigenvalue weighted by molar-refractivity contribution is 6.08. The maximum absolute atomic E-state index is 13.0. The molecule has 4 rings (SSSR count). The molecule has 0 atom stereocenters. The number of H-pyrrole nitrogens is 1. The Morgan fingerprint density at radius 2 is 2.16 bits per heavy atom. The van der Waals surface area contributed by atoms with Crippen LogP contribution in [0, 0.1) is 12.7 Å². The smallest absolute Gasteiger partial charge is 0.260 e. The van der Waals surface area contributed by atoms with Gasteiger partial charge in [-0.25, -0.2) is 14.4 Å². The Hall–Kier alpha value is -3.55. The van der Waals surface area contributed by atoms with Crippen molar-refractivity contribution >= 4 is 17.4 Å². The molecular formula is C17H13FN6O. The third kappa shape index (κ3) is 2.85. The number of nitrogens with one attached hydrogen (secondary N) is 2. The van der Waals surface area contributed by atoms with Gasteiger partial charge in [0.15, 0.2) is 0 Å². The molecule has 0 aliphatic carbocycles. The number of amides is 1. The number of hydrogen-bond donors (Lipinski definition) is 2. The molecular weight excluding hydrogens is 323 g/mol. The Morgan fingerprint density at radius 1 is 1.28 bits per heavy atom. The van der Waals surface area contributed by atoms with Gasteiger partial charge in [-0.2, -0.15) is 5.10 Å². The number of aromatic nitrogens is 5. The molecule has 0 bridgehead atoms. The van der Waals surface area contributed by atoms with E-state index in [0.29, 0.717) is 11.2 Å². The van der Waals surface area contributed by atoms with Gasteiger partial charge in [-0.3, -0.25) is 9.89 Å². The largest absolute Gasteiger partial charge is 0.306 e. The van der Waals surface area contributed by atoms with Crippen LogP contribution < -0.4 is 5.32 Å². The molecule has 0 fully saturated rings. The minimum atomic E-state index is -0.467. The number of fused-ring (bicyclic) bond motifs is 1. The third-order valence-corrected chi connectivity index (χ3v) is 3.72. The van der Waals surface area contributed by atoms with Gasteiger partial charge in [0.1, 0.15) is 17.3 Å². The Balaban J connectivity index is 1.75. The summed E-state index contributed by atoms with van der Waals surface area (Å²) in [6, 6.07) is 6.26. The third-order valence-electron chi connectivity index (χ3n) is 3.72. The number of imidazole rings is 1. The zero-order valence-corrected chi connectivity index (χ0v) is 13.2. The van der Waals surface area contributed by atoms with Gasteiger partial charge < -0.3 is 9.72 Å². The Bertz CT molecular complexity index is 1070. The molecule has 25 heavy (non-hydrogen) atoms. The van der Waals surface area contributed by atoms with Crippen molar-refractivity contribution in [2.45, 2.75) is 6.92 Å². The van der Waals surface area contributed by atoms with Crippen LogP contribution in [0.4, 0.5) is 10.2 Å². The van der Waals surface area contributed by atoms with Crippen LogP contribution in [0.5, 0.6) is 0 Å². The second kappa shape index (κ2) is 5.82. The molecule has 4 aromatic heterocycles. The highest BCUT2D eigenvalue weighted by Crippen LogP contribution is 2.22. The number of hydrogen-bond acceptors (Lipinski definition) is 4. The van der Waals surface area contributed by atoms with E-state index in [1.807, 2.05) is 19.2 Å². The first-order valence-corrected chi connectivity index (χ1v) is 7.52. The van der Waals surface area contributed by atoms with E-state index in [-0.39, 0.29) is 11.7 Å². The molecule has 0 aliphatic heterocycles. The summed E-state index contributed by atoms with van der Waals surface area (Å²) in [6.45, 7) is 1.88. The van der Waals surface area contributed by atoms with Crippen LogP contribution in [-0.4, -0.2) is 30.5 Å². The van der Waals surface area contributed by atoms with E-state index in [2.05, 4.69) is 25.5 Å². The van der Waals surface area contributed by atoms with E-state index in [4.69, 9.17) is 0 Å². The zero-order valence-electron chi connectivity index (χ0n) is 13.2. The molecule has 0 unspecified atom stereocenters. The molecule has 0 spiro atoms. The van der Waals surface area contributed by atoms with Crippen LogP contribution in [0.3, 0.4) is 0 Å². The number of carbonyl (C=O) groups excluding carboxylic acids is 1.